The molecule has 5 nitrogen and oxygen atoms in total. The van der Waals surface area contributed by atoms with Gasteiger partial charge in [0.15, 0.2) is 0 Å². The molecule has 0 saturated heterocycles. The van der Waals surface area contributed by atoms with E-state index >= 15 is 0 Å². The van der Waals surface area contributed by atoms with E-state index in [-0.39, 0.29) is 24.7 Å². The lowest BCUT2D eigenvalue weighted by molar-refractivity contribution is -0.137. The lowest BCUT2D eigenvalue weighted by Gasteiger charge is -2.19. The molecular weight excluding hydrogens is 445 g/mol. The minimum atomic E-state index is -4.61. The molecule has 0 saturated carbocycles. The van der Waals surface area contributed by atoms with Gasteiger partial charge in [0.05, 0.1) is 11.2 Å². The lowest BCUT2D eigenvalue weighted by Crippen LogP contribution is -2.28. The largest absolute Gasteiger partial charge is 0.475 e. The van der Waals surface area contributed by atoms with Gasteiger partial charge in [-0.1, -0.05) is 25.1 Å². The molecule has 0 spiro atoms. The van der Waals surface area contributed by atoms with E-state index in [1.807, 2.05) is 12.3 Å². The van der Waals surface area contributed by atoms with E-state index < -0.39 is 17.3 Å². The van der Waals surface area contributed by atoms with Crippen LogP contribution >= 0.6 is 0 Å². The number of pyridine rings is 2. The van der Waals surface area contributed by atoms with Crippen LogP contribution in [0.4, 0.5) is 13.2 Å². The first kappa shape index (κ1) is 24.0. The van der Waals surface area contributed by atoms with Crippen LogP contribution in [0.25, 0.3) is 11.1 Å². The normalized spacial score (nSPS) is 15.8. The van der Waals surface area contributed by atoms with Crippen LogP contribution < -0.4 is 9.47 Å². The lowest BCUT2D eigenvalue weighted by atomic mass is 10.00. The van der Waals surface area contributed by atoms with Crippen molar-refractivity contribution in [1.29, 1.82) is 0 Å². The van der Waals surface area contributed by atoms with Gasteiger partial charge in [-0.25, -0.2) is 9.97 Å². The minimum absolute atomic E-state index is 0.0606. The van der Waals surface area contributed by atoms with E-state index in [1.165, 1.54) is 25.0 Å². The molecule has 4 rings (SSSR count). The van der Waals surface area contributed by atoms with E-state index in [9.17, 15) is 18.3 Å². The molecule has 180 valence electrons. The predicted octanol–water partition coefficient (Wildman–Crippen LogP) is 5.63. The number of fused-ring (bicyclic) bond motifs is 1. The van der Waals surface area contributed by atoms with Gasteiger partial charge < -0.3 is 14.6 Å². The summed E-state index contributed by atoms with van der Waals surface area (Å²) >= 11 is 0. The van der Waals surface area contributed by atoms with Gasteiger partial charge in [-0.2, -0.15) is 13.2 Å². The number of rotatable bonds is 7. The van der Waals surface area contributed by atoms with Crippen molar-refractivity contribution >= 4 is 0 Å². The van der Waals surface area contributed by atoms with Gasteiger partial charge in [0.2, 0.25) is 11.8 Å². The Morgan fingerprint density at radius 3 is 2.41 bits per heavy atom. The molecule has 2 aromatic heterocycles. The van der Waals surface area contributed by atoms with Crippen LogP contribution in [-0.2, 0) is 25.6 Å². The van der Waals surface area contributed by atoms with Crippen molar-refractivity contribution in [2.45, 2.75) is 52.0 Å². The Labute approximate surface area is 196 Å². The second kappa shape index (κ2) is 9.25. The van der Waals surface area contributed by atoms with Crippen LogP contribution in [0.5, 0.6) is 11.8 Å². The fourth-order valence-corrected chi connectivity index (χ4v) is 4.00. The summed E-state index contributed by atoms with van der Waals surface area (Å²) in [5, 5.41) is 9.77. The zero-order chi connectivity index (χ0) is 24.5. The molecule has 0 aliphatic heterocycles. The maximum atomic E-state index is 13.8. The monoisotopic (exact) mass is 472 g/mol. The standard InChI is InChI=1S/C26H27F3N2O3/c1-16-7-19-10-23(30-12-20(19)8-16)33-14-17-5-4-6-18(9-17)21-13-31-24(34-15-25(2,3)32)11-22(21)26(27,28)29/h4-6,9-13,16,32H,7-8,14-15H2,1-3H3. The molecule has 3 aromatic rings. The Kier molecular flexibility index (Phi) is 6.53. The smallest absolute Gasteiger partial charge is 0.417 e. The first-order valence-electron chi connectivity index (χ1n) is 11.1. The van der Waals surface area contributed by atoms with Gasteiger partial charge in [0.25, 0.3) is 0 Å². The van der Waals surface area contributed by atoms with Crippen molar-refractivity contribution in [2.24, 2.45) is 5.92 Å². The Morgan fingerprint density at radius 2 is 1.68 bits per heavy atom. The molecular formula is C26H27F3N2O3. The minimum Gasteiger partial charge on any atom is -0.475 e. The number of nitrogens with zero attached hydrogens (tertiary/aromatic N) is 2. The topological polar surface area (TPSA) is 64.5 Å². The van der Waals surface area contributed by atoms with E-state index in [4.69, 9.17) is 9.47 Å². The highest BCUT2D eigenvalue weighted by molar-refractivity contribution is 5.68. The van der Waals surface area contributed by atoms with Crippen LogP contribution in [0.15, 0.2) is 48.8 Å². The first-order valence-corrected chi connectivity index (χ1v) is 11.1. The number of aliphatic hydroxyl groups is 1. The summed E-state index contributed by atoms with van der Waals surface area (Å²) in [5.41, 5.74) is 1.44. The molecule has 1 aliphatic rings. The first-order chi connectivity index (χ1) is 16.0. The zero-order valence-electron chi connectivity index (χ0n) is 19.3. The number of ether oxygens (including phenoxy) is 2. The second-order valence-electron chi connectivity index (χ2n) is 9.46. The number of alkyl halides is 3. The maximum absolute atomic E-state index is 13.8. The Hall–Kier alpha value is -3.13. The Morgan fingerprint density at radius 1 is 0.971 bits per heavy atom. The quantitative estimate of drug-likeness (QED) is 0.483. The molecule has 0 radical (unpaired) electrons. The second-order valence-corrected chi connectivity index (χ2v) is 9.46. The third-order valence-corrected chi connectivity index (χ3v) is 5.58. The predicted molar refractivity (Wildman–Crippen MR) is 122 cm³/mol. The molecule has 0 fully saturated rings. The summed E-state index contributed by atoms with van der Waals surface area (Å²) in [6, 6.07) is 9.53. The highest BCUT2D eigenvalue weighted by Gasteiger charge is 2.35. The summed E-state index contributed by atoms with van der Waals surface area (Å²) in [6.45, 7) is 5.19. The zero-order valence-corrected chi connectivity index (χ0v) is 19.3. The molecule has 2 heterocycles. The van der Waals surface area contributed by atoms with Crippen LogP contribution in [0, 0.1) is 5.92 Å². The molecule has 1 aromatic carbocycles. The van der Waals surface area contributed by atoms with Crippen LogP contribution in [0.1, 0.15) is 43.0 Å². The molecule has 0 bridgehead atoms. The van der Waals surface area contributed by atoms with Gasteiger partial charge in [-0.15, -0.1) is 0 Å². The average molecular weight is 473 g/mol. The molecule has 1 unspecified atom stereocenters. The van der Waals surface area contributed by atoms with E-state index in [0.717, 1.165) is 25.1 Å². The van der Waals surface area contributed by atoms with Gasteiger partial charge >= 0.3 is 6.18 Å². The van der Waals surface area contributed by atoms with E-state index in [1.54, 1.807) is 24.3 Å². The van der Waals surface area contributed by atoms with Crippen molar-refractivity contribution < 1.29 is 27.8 Å². The van der Waals surface area contributed by atoms with Gasteiger partial charge in [0, 0.05) is 30.1 Å². The van der Waals surface area contributed by atoms with Crippen molar-refractivity contribution in [1.82, 2.24) is 9.97 Å². The maximum Gasteiger partial charge on any atom is 0.417 e. The molecule has 1 N–H and O–H groups in total. The van der Waals surface area contributed by atoms with Crippen molar-refractivity contribution in [3.8, 4) is 22.9 Å². The van der Waals surface area contributed by atoms with Crippen LogP contribution in [0.3, 0.4) is 0 Å². The summed E-state index contributed by atoms with van der Waals surface area (Å²) in [6.07, 6.45) is 0.385. The highest BCUT2D eigenvalue weighted by Crippen LogP contribution is 2.38. The fraction of sp³-hybridized carbons (Fsp3) is 0.385. The number of hydrogen-bond donors (Lipinski definition) is 1. The number of aromatic nitrogens is 2. The summed E-state index contributed by atoms with van der Waals surface area (Å²) in [5.74, 6) is 0.894. The SMILES string of the molecule is CC1Cc2cnc(OCc3cccc(-c4cnc(OCC(C)(C)O)cc4C(F)(F)F)c3)cc2C1. The summed E-state index contributed by atoms with van der Waals surface area (Å²) in [7, 11) is 0. The van der Waals surface area contributed by atoms with Crippen LogP contribution in [0.2, 0.25) is 0 Å². The third-order valence-electron chi connectivity index (χ3n) is 5.58. The molecule has 8 heteroatoms. The van der Waals surface area contributed by atoms with Gasteiger partial charge in [-0.05, 0) is 60.9 Å². The summed E-state index contributed by atoms with van der Waals surface area (Å²) in [4.78, 5) is 8.38. The van der Waals surface area contributed by atoms with E-state index in [0.29, 0.717) is 22.9 Å². The molecule has 1 atom stereocenters. The fourth-order valence-electron chi connectivity index (χ4n) is 4.00. The number of halogens is 3. The average Bonchev–Trinajstić information content (AvgIpc) is 3.14. The van der Waals surface area contributed by atoms with Crippen LogP contribution in [-0.4, -0.2) is 27.3 Å². The van der Waals surface area contributed by atoms with Gasteiger partial charge in [0.1, 0.15) is 13.2 Å². The van der Waals surface area contributed by atoms with Crippen molar-refractivity contribution in [3.63, 3.8) is 0 Å². The number of hydrogen-bond acceptors (Lipinski definition) is 5. The highest BCUT2D eigenvalue weighted by atomic mass is 19.4. The van der Waals surface area contributed by atoms with Crippen molar-refractivity contribution in [2.75, 3.05) is 6.61 Å². The van der Waals surface area contributed by atoms with Gasteiger partial charge in [-0.3, -0.25) is 0 Å². The Bertz CT molecular complexity index is 1170. The summed E-state index contributed by atoms with van der Waals surface area (Å²) < 4.78 is 52.6. The molecule has 34 heavy (non-hydrogen) atoms. The Balaban J connectivity index is 1.54. The van der Waals surface area contributed by atoms with E-state index in [2.05, 4.69) is 16.9 Å². The number of benzene rings is 1. The van der Waals surface area contributed by atoms with Crippen molar-refractivity contribution in [3.05, 3.63) is 71.0 Å². The molecule has 1 aliphatic carbocycles. The third kappa shape index (κ3) is 5.86. The molecule has 0 amide bonds.